The van der Waals surface area contributed by atoms with Gasteiger partial charge in [-0.3, -0.25) is 9.59 Å². The van der Waals surface area contributed by atoms with Gasteiger partial charge in [0.15, 0.2) is 0 Å². The van der Waals surface area contributed by atoms with Crippen molar-refractivity contribution in [1.82, 2.24) is 9.80 Å². The minimum Gasteiger partial charge on any atom is -0.332 e. The summed E-state index contributed by atoms with van der Waals surface area (Å²) in [5.74, 6) is 0.986. The van der Waals surface area contributed by atoms with E-state index in [1.54, 1.807) is 9.80 Å². The molecule has 0 saturated carbocycles. The van der Waals surface area contributed by atoms with E-state index in [1.165, 1.54) is 0 Å². The molecule has 0 aromatic carbocycles. The fourth-order valence-corrected chi connectivity index (χ4v) is 2.99. The summed E-state index contributed by atoms with van der Waals surface area (Å²) >= 11 is 5.62. The first kappa shape index (κ1) is 13.7. The van der Waals surface area contributed by atoms with E-state index >= 15 is 0 Å². The maximum atomic E-state index is 12.2. The molecule has 0 aliphatic carbocycles. The fraction of sp³-hybridized carbons (Fsp3) is 0.846. The highest BCUT2D eigenvalue weighted by Crippen LogP contribution is 2.23. The Morgan fingerprint density at radius 2 is 1.94 bits per heavy atom. The average Bonchev–Trinajstić information content (AvgIpc) is 2.84. The predicted octanol–water partition coefficient (Wildman–Crippen LogP) is 1.62. The number of halogens is 1. The lowest BCUT2D eigenvalue weighted by Gasteiger charge is -2.36. The van der Waals surface area contributed by atoms with Gasteiger partial charge in [-0.25, -0.2) is 0 Å². The molecule has 2 heterocycles. The standard InChI is InChI=1S/C13H21ClN2O2/c14-7-3-1-2-4-8-15-10-12(17)16-9-5-6-11(16)13(15)18/h11H,1-10H2. The Hall–Kier alpha value is -0.770. The highest BCUT2D eigenvalue weighted by atomic mass is 35.5. The number of carbonyl (C=O) groups excluding carboxylic acids is 2. The Bertz CT molecular complexity index is 322. The summed E-state index contributed by atoms with van der Waals surface area (Å²) < 4.78 is 0. The summed E-state index contributed by atoms with van der Waals surface area (Å²) in [4.78, 5) is 27.6. The predicted molar refractivity (Wildman–Crippen MR) is 70.5 cm³/mol. The number of unbranched alkanes of at least 4 members (excludes halogenated alkanes) is 3. The van der Waals surface area contributed by atoms with Gasteiger partial charge >= 0.3 is 0 Å². The lowest BCUT2D eigenvalue weighted by atomic mass is 10.1. The molecular weight excluding hydrogens is 252 g/mol. The molecule has 2 aliphatic heterocycles. The van der Waals surface area contributed by atoms with E-state index < -0.39 is 0 Å². The number of hydrogen-bond acceptors (Lipinski definition) is 2. The molecule has 0 bridgehead atoms. The van der Waals surface area contributed by atoms with Crippen LogP contribution in [-0.4, -0.2) is 53.2 Å². The van der Waals surface area contributed by atoms with Gasteiger partial charge in [-0.05, 0) is 25.7 Å². The highest BCUT2D eigenvalue weighted by molar-refractivity contribution is 6.17. The van der Waals surface area contributed by atoms with Crippen LogP contribution in [0.1, 0.15) is 38.5 Å². The van der Waals surface area contributed by atoms with Crippen molar-refractivity contribution < 1.29 is 9.59 Å². The first-order valence-corrected chi connectivity index (χ1v) is 7.41. The first-order chi connectivity index (χ1) is 8.74. The van der Waals surface area contributed by atoms with Crippen LogP contribution in [0.2, 0.25) is 0 Å². The van der Waals surface area contributed by atoms with Gasteiger partial charge in [0.05, 0.1) is 6.54 Å². The molecule has 4 nitrogen and oxygen atoms in total. The molecular formula is C13H21ClN2O2. The van der Waals surface area contributed by atoms with Crippen LogP contribution in [0.25, 0.3) is 0 Å². The molecule has 0 aromatic rings. The second-order valence-electron chi connectivity index (χ2n) is 5.11. The Kier molecular flexibility index (Phi) is 4.87. The summed E-state index contributed by atoms with van der Waals surface area (Å²) in [5.41, 5.74) is 0. The number of rotatable bonds is 6. The zero-order valence-electron chi connectivity index (χ0n) is 10.7. The number of hydrogen-bond donors (Lipinski definition) is 0. The molecule has 0 radical (unpaired) electrons. The van der Waals surface area contributed by atoms with Crippen molar-refractivity contribution in [3.63, 3.8) is 0 Å². The van der Waals surface area contributed by atoms with Crippen molar-refractivity contribution in [2.75, 3.05) is 25.5 Å². The molecule has 2 rings (SSSR count). The van der Waals surface area contributed by atoms with Crippen molar-refractivity contribution in [3.05, 3.63) is 0 Å². The molecule has 0 aromatic heterocycles. The molecule has 5 heteroatoms. The molecule has 2 aliphatic rings. The van der Waals surface area contributed by atoms with Crippen molar-refractivity contribution in [1.29, 1.82) is 0 Å². The molecule has 2 fully saturated rings. The summed E-state index contributed by atoms with van der Waals surface area (Å²) in [5, 5.41) is 0. The van der Waals surface area contributed by atoms with Gasteiger partial charge < -0.3 is 9.80 Å². The monoisotopic (exact) mass is 272 g/mol. The maximum Gasteiger partial charge on any atom is 0.245 e. The van der Waals surface area contributed by atoms with E-state index in [4.69, 9.17) is 11.6 Å². The van der Waals surface area contributed by atoms with Crippen LogP contribution in [0.15, 0.2) is 0 Å². The van der Waals surface area contributed by atoms with Crippen LogP contribution in [0.3, 0.4) is 0 Å². The maximum absolute atomic E-state index is 12.2. The number of amides is 2. The summed E-state index contributed by atoms with van der Waals surface area (Å²) in [6, 6.07) is -0.158. The van der Waals surface area contributed by atoms with E-state index in [2.05, 4.69) is 0 Å². The Morgan fingerprint density at radius 3 is 2.72 bits per heavy atom. The van der Waals surface area contributed by atoms with E-state index in [0.29, 0.717) is 5.88 Å². The third-order valence-electron chi connectivity index (χ3n) is 3.81. The first-order valence-electron chi connectivity index (χ1n) is 6.88. The van der Waals surface area contributed by atoms with Crippen molar-refractivity contribution in [2.24, 2.45) is 0 Å². The van der Waals surface area contributed by atoms with Crippen LogP contribution >= 0.6 is 11.6 Å². The molecule has 0 N–H and O–H groups in total. The lowest BCUT2D eigenvalue weighted by Crippen LogP contribution is -2.57. The molecule has 2 amide bonds. The largest absolute Gasteiger partial charge is 0.332 e. The number of carbonyl (C=O) groups is 2. The van der Waals surface area contributed by atoms with Crippen LogP contribution in [0, 0.1) is 0 Å². The second-order valence-corrected chi connectivity index (χ2v) is 5.49. The Balaban J connectivity index is 1.78. The zero-order chi connectivity index (χ0) is 13.0. The summed E-state index contributed by atoms with van der Waals surface area (Å²) in [6.07, 6.45) is 6.00. The Labute approximate surface area is 113 Å². The quantitative estimate of drug-likeness (QED) is 0.545. The van der Waals surface area contributed by atoms with Gasteiger partial charge in [0.1, 0.15) is 6.04 Å². The van der Waals surface area contributed by atoms with E-state index in [0.717, 1.165) is 51.6 Å². The van der Waals surface area contributed by atoms with Crippen LogP contribution in [0.5, 0.6) is 0 Å². The SMILES string of the molecule is O=C1C2CCCN2C(=O)CN1CCCCCCCl. The van der Waals surface area contributed by atoms with Crippen molar-refractivity contribution in [3.8, 4) is 0 Å². The summed E-state index contributed by atoms with van der Waals surface area (Å²) in [7, 11) is 0. The van der Waals surface area contributed by atoms with E-state index in [1.807, 2.05) is 0 Å². The van der Waals surface area contributed by atoms with Crippen LogP contribution < -0.4 is 0 Å². The molecule has 1 unspecified atom stereocenters. The van der Waals surface area contributed by atoms with E-state index in [9.17, 15) is 9.59 Å². The number of alkyl halides is 1. The van der Waals surface area contributed by atoms with Crippen molar-refractivity contribution >= 4 is 23.4 Å². The Morgan fingerprint density at radius 1 is 1.17 bits per heavy atom. The number of piperazine rings is 1. The normalized spacial score (nSPS) is 23.7. The molecule has 102 valence electrons. The molecule has 0 spiro atoms. The van der Waals surface area contributed by atoms with Gasteiger partial charge in [0.25, 0.3) is 0 Å². The van der Waals surface area contributed by atoms with Gasteiger partial charge in [-0.1, -0.05) is 12.8 Å². The summed E-state index contributed by atoms with van der Waals surface area (Å²) in [6.45, 7) is 1.76. The van der Waals surface area contributed by atoms with Gasteiger partial charge in [-0.15, -0.1) is 11.6 Å². The lowest BCUT2D eigenvalue weighted by molar-refractivity contribution is -0.153. The minimum atomic E-state index is -0.158. The number of nitrogens with zero attached hydrogens (tertiary/aromatic N) is 2. The zero-order valence-corrected chi connectivity index (χ0v) is 11.5. The third-order valence-corrected chi connectivity index (χ3v) is 4.07. The minimum absolute atomic E-state index is 0.123. The third kappa shape index (κ3) is 2.97. The highest BCUT2D eigenvalue weighted by Gasteiger charge is 2.41. The van der Waals surface area contributed by atoms with E-state index in [-0.39, 0.29) is 24.4 Å². The van der Waals surface area contributed by atoms with Crippen molar-refractivity contribution in [2.45, 2.75) is 44.6 Å². The molecule has 1 atom stereocenters. The van der Waals surface area contributed by atoms with Gasteiger partial charge in [-0.2, -0.15) is 0 Å². The van der Waals surface area contributed by atoms with Crippen LogP contribution in [0.4, 0.5) is 0 Å². The molecule has 2 saturated heterocycles. The fourth-order valence-electron chi connectivity index (χ4n) is 2.80. The van der Waals surface area contributed by atoms with Gasteiger partial charge in [0.2, 0.25) is 11.8 Å². The second kappa shape index (κ2) is 6.41. The number of fused-ring (bicyclic) bond motifs is 1. The van der Waals surface area contributed by atoms with Crippen LogP contribution in [-0.2, 0) is 9.59 Å². The van der Waals surface area contributed by atoms with Gasteiger partial charge in [0, 0.05) is 19.0 Å². The molecule has 18 heavy (non-hydrogen) atoms. The topological polar surface area (TPSA) is 40.6 Å². The average molecular weight is 273 g/mol. The smallest absolute Gasteiger partial charge is 0.245 e.